The number of hydrogen-bond donors (Lipinski definition) is 3. The number of allylic oxidation sites excluding steroid dienone is 1. The molecule has 0 radical (unpaired) electrons. The van der Waals surface area contributed by atoms with Crippen molar-refractivity contribution in [3.8, 4) is 0 Å². The molecule has 0 atom stereocenters. The molecule has 0 saturated carbocycles. The first-order valence-electron chi connectivity index (χ1n) is 7.58. The first kappa shape index (κ1) is 18.0. The Kier molecular flexibility index (Phi) is 8.37. The van der Waals surface area contributed by atoms with E-state index in [2.05, 4.69) is 26.4 Å². The summed E-state index contributed by atoms with van der Waals surface area (Å²) in [6.07, 6.45) is 10.4. The molecule has 1 rings (SSSR count). The van der Waals surface area contributed by atoms with Crippen molar-refractivity contribution >= 4 is 16.0 Å². The summed E-state index contributed by atoms with van der Waals surface area (Å²) in [5.41, 5.74) is 1.54. The molecule has 0 amide bonds. The lowest BCUT2D eigenvalue weighted by molar-refractivity contribution is 0.584. The predicted molar refractivity (Wildman–Crippen MR) is 88.0 cm³/mol. The number of rotatable bonds is 8. The van der Waals surface area contributed by atoms with Gasteiger partial charge in [0.2, 0.25) is 10.0 Å². The number of sulfonamides is 1. The van der Waals surface area contributed by atoms with E-state index in [1.165, 1.54) is 31.9 Å². The lowest BCUT2D eigenvalue weighted by Crippen LogP contribution is -2.39. The lowest BCUT2D eigenvalue weighted by atomic mass is 9.97. The van der Waals surface area contributed by atoms with Gasteiger partial charge in [0.25, 0.3) is 0 Å². The summed E-state index contributed by atoms with van der Waals surface area (Å²) in [4.78, 5) is 4.15. The smallest absolute Gasteiger partial charge is 0.208 e. The Labute approximate surface area is 128 Å². The molecule has 0 aromatic carbocycles. The van der Waals surface area contributed by atoms with Crippen LogP contribution in [0.4, 0.5) is 0 Å². The van der Waals surface area contributed by atoms with Crippen LogP contribution in [-0.2, 0) is 10.0 Å². The monoisotopic (exact) mass is 316 g/mol. The zero-order chi connectivity index (χ0) is 15.6. The van der Waals surface area contributed by atoms with Gasteiger partial charge in [0.05, 0.1) is 6.26 Å². The van der Waals surface area contributed by atoms with Crippen LogP contribution < -0.4 is 15.4 Å². The molecule has 0 saturated heterocycles. The molecule has 1 aliphatic carbocycles. The molecule has 0 spiro atoms. The second-order valence-electron chi connectivity index (χ2n) is 5.30. The van der Waals surface area contributed by atoms with Crippen LogP contribution in [0.15, 0.2) is 16.6 Å². The minimum absolute atomic E-state index is 0.440. The van der Waals surface area contributed by atoms with Gasteiger partial charge in [-0.05, 0) is 38.5 Å². The van der Waals surface area contributed by atoms with Gasteiger partial charge in [0.15, 0.2) is 5.96 Å². The van der Waals surface area contributed by atoms with Crippen LogP contribution in [0.25, 0.3) is 0 Å². The second kappa shape index (κ2) is 9.78. The van der Waals surface area contributed by atoms with E-state index >= 15 is 0 Å². The first-order chi connectivity index (χ1) is 10.0. The Hall–Kier alpha value is -1.08. The third-order valence-corrected chi connectivity index (χ3v) is 4.09. The van der Waals surface area contributed by atoms with Crippen molar-refractivity contribution in [2.75, 3.05) is 32.9 Å². The Morgan fingerprint density at radius 2 is 2.00 bits per heavy atom. The van der Waals surface area contributed by atoms with Crippen molar-refractivity contribution in [2.45, 2.75) is 38.5 Å². The summed E-state index contributed by atoms with van der Waals surface area (Å²) in [5, 5.41) is 6.46. The molecule has 0 heterocycles. The molecule has 7 heteroatoms. The van der Waals surface area contributed by atoms with Gasteiger partial charge < -0.3 is 10.6 Å². The molecular weight excluding hydrogens is 288 g/mol. The molecular formula is C14H28N4O2S. The largest absolute Gasteiger partial charge is 0.356 e. The first-order valence-corrected chi connectivity index (χ1v) is 9.47. The minimum Gasteiger partial charge on any atom is -0.356 e. The van der Waals surface area contributed by atoms with Crippen molar-refractivity contribution in [1.29, 1.82) is 0 Å². The Bertz CT molecular complexity index is 458. The molecule has 6 nitrogen and oxygen atoms in total. The molecule has 0 aromatic rings. The Morgan fingerprint density at radius 1 is 1.24 bits per heavy atom. The number of nitrogens with zero attached hydrogens (tertiary/aromatic N) is 1. The molecule has 3 N–H and O–H groups in total. The maximum absolute atomic E-state index is 10.9. The minimum atomic E-state index is -3.09. The van der Waals surface area contributed by atoms with Crippen molar-refractivity contribution < 1.29 is 8.42 Å². The Balaban J connectivity index is 2.10. The second-order valence-corrected chi connectivity index (χ2v) is 7.14. The maximum atomic E-state index is 10.9. The van der Waals surface area contributed by atoms with Gasteiger partial charge in [0.1, 0.15) is 0 Å². The van der Waals surface area contributed by atoms with Gasteiger partial charge in [-0.25, -0.2) is 13.1 Å². The zero-order valence-corrected chi connectivity index (χ0v) is 13.9. The lowest BCUT2D eigenvalue weighted by Gasteiger charge is -2.15. The average Bonchev–Trinajstić information content (AvgIpc) is 2.45. The van der Waals surface area contributed by atoms with E-state index in [1.807, 2.05) is 0 Å². The summed E-state index contributed by atoms with van der Waals surface area (Å²) in [7, 11) is -1.35. The van der Waals surface area contributed by atoms with Gasteiger partial charge in [-0.3, -0.25) is 4.99 Å². The summed E-state index contributed by atoms with van der Waals surface area (Å²) in [6, 6.07) is 0. The summed E-state index contributed by atoms with van der Waals surface area (Å²) < 4.78 is 24.3. The van der Waals surface area contributed by atoms with Crippen molar-refractivity contribution in [1.82, 2.24) is 15.4 Å². The van der Waals surface area contributed by atoms with Gasteiger partial charge in [-0.2, -0.15) is 0 Å². The fourth-order valence-electron chi connectivity index (χ4n) is 2.25. The van der Waals surface area contributed by atoms with E-state index in [-0.39, 0.29) is 0 Å². The van der Waals surface area contributed by atoms with E-state index in [0.717, 1.165) is 25.3 Å². The highest BCUT2D eigenvalue weighted by Crippen LogP contribution is 2.19. The van der Waals surface area contributed by atoms with E-state index in [1.54, 1.807) is 12.6 Å². The van der Waals surface area contributed by atoms with Gasteiger partial charge in [-0.15, -0.1) is 0 Å². The summed E-state index contributed by atoms with van der Waals surface area (Å²) in [5.74, 6) is 0.769. The normalized spacial score (nSPS) is 16.5. The zero-order valence-electron chi connectivity index (χ0n) is 13.1. The van der Waals surface area contributed by atoms with Crippen LogP contribution in [0.3, 0.4) is 0 Å². The summed E-state index contributed by atoms with van der Waals surface area (Å²) >= 11 is 0. The van der Waals surface area contributed by atoms with Crippen molar-refractivity contribution in [3.05, 3.63) is 11.6 Å². The standard InChI is InChI=1S/C14H28N4O2S/c1-15-14(16-10-6-11-18-21(2,19)20)17-12-9-13-7-4-3-5-8-13/h7,18H,3-6,8-12H2,1-2H3,(H2,15,16,17). The van der Waals surface area contributed by atoms with Crippen molar-refractivity contribution in [2.24, 2.45) is 4.99 Å². The highest BCUT2D eigenvalue weighted by Gasteiger charge is 2.04. The van der Waals surface area contributed by atoms with E-state index < -0.39 is 10.0 Å². The van der Waals surface area contributed by atoms with Crippen LogP contribution >= 0.6 is 0 Å². The molecule has 122 valence electrons. The van der Waals surface area contributed by atoms with Gasteiger partial charge in [-0.1, -0.05) is 11.6 Å². The Morgan fingerprint density at radius 3 is 2.62 bits per heavy atom. The molecule has 0 fully saturated rings. The molecule has 0 aliphatic heterocycles. The predicted octanol–water partition coefficient (Wildman–Crippen LogP) is 0.981. The van der Waals surface area contributed by atoms with E-state index in [4.69, 9.17) is 0 Å². The molecule has 0 aromatic heterocycles. The van der Waals surface area contributed by atoms with E-state index in [0.29, 0.717) is 13.1 Å². The quantitative estimate of drug-likeness (QED) is 0.270. The highest BCUT2D eigenvalue weighted by molar-refractivity contribution is 7.88. The number of aliphatic imine (C=N–C) groups is 1. The highest BCUT2D eigenvalue weighted by atomic mass is 32.2. The molecule has 1 aliphatic rings. The third-order valence-electron chi connectivity index (χ3n) is 3.36. The number of guanidine groups is 1. The van der Waals surface area contributed by atoms with Crippen LogP contribution in [0.5, 0.6) is 0 Å². The average molecular weight is 316 g/mol. The van der Waals surface area contributed by atoms with Crippen LogP contribution in [-0.4, -0.2) is 47.3 Å². The number of hydrogen-bond acceptors (Lipinski definition) is 3. The number of nitrogens with one attached hydrogen (secondary N) is 3. The fourth-order valence-corrected chi connectivity index (χ4v) is 2.76. The molecule has 0 unspecified atom stereocenters. The summed E-state index contributed by atoms with van der Waals surface area (Å²) in [6.45, 7) is 2.01. The van der Waals surface area contributed by atoms with Crippen LogP contribution in [0.2, 0.25) is 0 Å². The molecule has 0 bridgehead atoms. The third kappa shape index (κ3) is 9.47. The van der Waals surface area contributed by atoms with Crippen LogP contribution in [0, 0.1) is 0 Å². The fraction of sp³-hybridized carbons (Fsp3) is 0.786. The van der Waals surface area contributed by atoms with Gasteiger partial charge >= 0.3 is 0 Å². The van der Waals surface area contributed by atoms with E-state index in [9.17, 15) is 8.42 Å². The molecule has 21 heavy (non-hydrogen) atoms. The topological polar surface area (TPSA) is 82.6 Å². The SMILES string of the molecule is CN=C(NCCCNS(C)(=O)=O)NCCC1=CCCCC1. The maximum Gasteiger partial charge on any atom is 0.208 e. The van der Waals surface area contributed by atoms with Crippen LogP contribution in [0.1, 0.15) is 38.5 Å². The van der Waals surface area contributed by atoms with Crippen molar-refractivity contribution in [3.63, 3.8) is 0 Å². The van der Waals surface area contributed by atoms with Gasteiger partial charge in [0, 0.05) is 26.7 Å².